The molecule has 1 saturated carbocycles. The predicted octanol–water partition coefficient (Wildman–Crippen LogP) is 0.924. The zero-order chi connectivity index (χ0) is 11.1. The van der Waals surface area contributed by atoms with Gasteiger partial charge in [-0.05, 0) is 25.7 Å². The molecule has 3 rings (SSSR count). The van der Waals surface area contributed by atoms with Gasteiger partial charge in [0, 0.05) is 18.9 Å². The van der Waals surface area contributed by atoms with E-state index in [1.54, 1.807) is 0 Å². The summed E-state index contributed by atoms with van der Waals surface area (Å²) in [6.45, 7) is 2.99. The van der Waals surface area contributed by atoms with E-state index in [1.165, 1.54) is 0 Å². The fourth-order valence-electron chi connectivity index (χ4n) is 3.47. The van der Waals surface area contributed by atoms with E-state index in [4.69, 9.17) is 19.3 Å². The molecule has 0 spiro atoms. The summed E-state index contributed by atoms with van der Waals surface area (Å²) in [6.07, 6.45) is 3.68. The number of rotatable bonds is 2. The third-order valence-corrected chi connectivity index (χ3v) is 4.21. The van der Waals surface area contributed by atoms with Crippen molar-refractivity contribution in [2.24, 2.45) is 11.8 Å². The molecule has 3 aliphatic rings. The standard InChI is InChI=1S/C12H20O4/c1-7-14-6-10-9-4-8(2-3-13)16-11(9)5-12(10)15-7/h7-13H,2-6H2,1H3/t7?,8-,9+,10?,11-,12+/m1/s1. The van der Waals surface area contributed by atoms with Crippen molar-refractivity contribution in [3.63, 3.8) is 0 Å². The lowest BCUT2D eigenvalue weighted by atomic mass is 9.90. The maximum absolute atomic E-state index is 8.93. The third kappa shape index (κ3) is 1.78. The first-order chi connectivity index (χ1) is 7.78. The zero-order valence-corrected chi connectivity index (χ0v) is 9.67. The SMILES string of the molecule is CC1OCC2[C@H](C[C@H]3O[C@H](CCO)C[C@@H]23)O1. The molecule has 16 heavy (non-hydrogen) atoms. The van der Waals surface area contributed by atoms with E-state index in [1.807, 2.05) is 6.92 Å². The van der Waals surface area contributed by atoms with Crippen molar-refractivity contribution in [3.05, 3.63) is 0 Å². The van der Waals surface area contributed by atoms with E-state index >= 15 is 0 Å². The van der Waals surface area contributed by atoms with Gasteiger partial charge in [-0.25, -0.2) is 0 Å². The second-order valence-corrected chi connectivity index (χ2v) is 5.18. The zero-order valence-electron chi connectivity index (χ0n) is 9.67. The molecule has 2 aliphatic heterocycles. The lowest BCUT2D eigenvalue weighted by Crippen LogP contribution is -2.38. The summed E-state index contributed by atoms with van der Waals surface area (Å²) in [5, 5.41) is 8.93. The lowest BCUT2D eigenvalue weighted by molar-refractivity contribution is -0.225. The minimum Gasteiger partial charge on any atom is -0.396 e. The lowest BCUT2D eigenvalue weighted by Gasteiger charge is -2.33. The molecule has 0 aromatic heterocycles. The van der Waals surface area contributed by atoms with Crippen molar-refractivity contribution in [2.75, 3.05) is 13.2 Å². The molecule has 0 aromatic carbocycles. The van der Waals surface area contributed by atoms with Gasteiger partial charge in [0.2, 0.25) is 0 Å². The summed E-state index contributed by atoms with van der Waals surface area (Å²) in [5.41, 5.74) is 0. The van der Waals surface area contributed by atoms with Crippen LogP contribution in [0.3, 0.4) is 0 Å². The number of hydrogen-bond acceptors (Lipinski definition) is 4. The average Bonchev–Trinajstić information content (AvgIpc) is 2.74. The van der Waals surface area contributed by atoms with Gasteiger partial charge in [-0.15, -0.1) is 0 Å². The Labute approximate surface area is 95.9 Å². The topological polar surface area (TPSA) is 47.9 Å². The van der Waals surface area contributed by atoms with E-state index in [0.29, 0.717) is 24.0 Å². The second-order valence-electron chi connectivity index (χ2n) is 5.18. The molecule has 0 aromatic rings. The van der Waals surface area contributed by atoms with Crippen LogP contribution >= 0.6 is 0 Å². The Kier molecular flexibility index (Phi) is 2.92. The second kappa shape index (κ2) is 4.26. The van der Waals surface area contributed by atoms with E-state index < -0.39 is 0 Å². The van der Waals surface area contributed by atoms with Crippen LogP contribution < -0.4 is 0 Å². The molecule has 1 aliphatic carbocycles. The first kappa shape index (κ1) is 11.0. The van der Waals surface area contributed by atoms with Crippen LogP contribution in [-0.4, -0.2) is 42.9 Å². The van der Waals surface area contributed by atoms with Gasteiger partial charge in [-0.1, -0.05) is 0 Å². The van der Waals surface area contributed by atoms with Crippen molar-refractivity contribution in [1.29, 1.82) is 0 Å². The van der Waals surface area contributed by atoms with Gasteiger partial charge in [0.15, 0.2) is 6.29 Å². The van der Waals surface area contributed by atoms with Crippen molar-refractivity contribution in [3.8, 4) is 0 Å². The Bertz CT molecular complexity index is 257. The van der Waals surface area contributed by atoms with Crippen LogP contribution in [0.5, 0.6) is 0 Å². The molecule has 2 heterocycles. The summed E-state index contributed by atoms with van der Waals surface area (Å²) >= 11 is 0. The molecule has 6 atom stereocenters. The summed E-state index contributed by atoms with van der Waals surface area (Å²) in [6, 6.07) is 0. The van der Waals surface area contributed by atoms with Crippen molar-refractivity contribution in [1.82, 2.24) is 0 Å². The van der Waals surface area contributed by atoms with E-state index in [-0.39, 0.29) is 19.0 Å². The minimum absolute atomic E-state index is 0.0617. The fraction of sp³-hybridized carbons (Fsp3) is 1.00. The predicted molar refractivity (Wildman–Crippen MR) is 56.9 cm³/mol. The summed E-state index contributed by atoms with van der Waals surface area (Å²) in [7, 11) is 0. The van der Waals surface area contributed by atoms with Gasteiger partial charge >= 0.3 is 0 Å². The van der Waals surface area contributed by atoms with E-state index in [9.17, 15) is 0 Å². The van der Waals surface area contributed by atoms with Gasteiger partial charge in [-0.2, -0.15) is 0 Å². The number of fused-ring (bicyclic) bond motifs is 3. The summed E-state index contributed by atoms with van der Waals surface area (Å²) in [5.74, 6) is 1.08. The molecule has 0 amide bonds. The van der Waals surface area contributed by atoms with E-state index in [2.05, 4.69) is 0 Å². The van der Waals surface area contributed by atoms with Crippen molar-refractivity contribution >= 4 is 0 Å². The Morgan fingerprint density at radius 3 is 2.75 bits per heavy atom. The highest BCUT2D eigenvalue weighted by molar-refractivity contribution is 4.98. The largest absolute Gasteiger partial charge is 0.396 e. The number of ether oxygens (including phenoxy) is 3. The smallest absolute Gasteiger partial charge is 0.155 e. The van der Waals surface area contributed by atoms with Gasteiger partial charge in [-0.3, -0.25) is 0 Å². The van der Waals surface area contributed by atoms with Crippen molar-refractivity contribution < 1.29 is 19.3 Å². The van der Waals surface area contributed by atoms with Gasteiger partial charge in [0.05, 0.1) is 24.9 Å². The molecule has 4 heteroatoms. The van der Waals surface area contributed by atoms with Gasteiger partial charge in [0.25, 0.3) is 0 Å². The van der Waals surface area contributed by atoms with Gasteiger partial charge < -0.3 is 19.3 Å². The minimum atomic E-state index is -0.0617. The number of hydrogen-bond donors (Lipinski definition) is 1. The highest BCUT2D eigenvalue weighted by atomic mass is 16.7. The first-order valence-corrected chi connectivity index (χ1v) is 6.31. The fourth-order valence-corrected chi connectivity index (χ4v) is 3.47. The van der Waals surface area contributed by atoms with Crippen LogP contribution in [0.4, 0.5) is 0 Å². The molecule has 0 radical (unpaired) electrons. The number of aliphatic hydroxyl groups is 1. The highest BCUT2D eigenvalue weighted by Crippen LogP contribution is 2.46. The van der Waals surface area contributed by atoms with Crippen LogP contribution in [0.1, 0.15) is 26.2 Å². The molecular formula is C12H20O4. The molecule has 1 N–H and O–H groups in total. The Hall–Kier alpha value is -0.160. The van der Waals surface area contributed by atoms with Crippen LogP contribution in [0.15, 0.2) is 0 Å². The quantitative estimate of drug-likeness (QED) is 0.763. The Morgan fingerprint density at radius 1 is 1.12 bits per heavy atom. The van der Waals surface area contributed by atoms with Crippen molar-refractivity contribution in [2.45, 2.75) is 50.8 Å². The summed E-state index contributed by atoms with van der Waals surface area (Å²) < 4.78 is 17.3. The molecule has 2 saturated heterocycles. The number of aliphatic hydroxyl groups excluding tert-OH is 1. The van der Waals surface area contributed by atoms with Crippen LogP contribution in [-0.2, 0) is 14.2 Å². The molecule has 2 unspecified atom stereocenters. The van der Waals surface area contributed by atoms with E-state index in [0.717, 1.165) is 25.9 Å². The molecule has 0 bridgehead atoms. The monoisotopic (exact) mass is 228 g/mol. The highest BCUT2D eigenvalue weighted by Gasteiger charge is 2.51. The molecular weight excluding hydrogens is 208 g/mol. The third-order valence-electron chi connectivity index (χ3n) is 4.21. The molecule has 3 fully saturated rings. The average molecular weight is 228 g/mol. The van der Waals surface area contributed by atoms with Gasteiger partial charge in [0.1, 0.15) is 0 Å². The maximum Gasteiger partial charge on any atom is 0.155 e. The Morgan fingerprint density at radius 2 is 1.94 bits per heavy atom. The summed E-state index contributed by atoms with van der Waals surface area (Å²) in [4.78, 5) is 0. The molecule has 92 valence electrons. The van der Waals surface area contributed by atoms with Crippen LogP contribution in [0, 0.1) is 11.8 Å². The normalized spacial score (nSPS) is 51.4. The maximum atomic E-state index is 8.93. The first-order valence-electron chi connectivity index (χ1n) is 6.31. The van der Waals surface area contributed by atoms with Crippen LogP contribution in [0.2, 0.25) is 0 Å². The Balaban J connectivity index is 1.64. The van der Waals surface area contributed by atoms with Crippen LogP contribution in [0.25, 0.3) is 0 Å². The molecule has 4 nitrogen and oxygen atoms in total.